The van der Waals surface area contributed by atoms with E-state index in [2.05, 4.69) is 0 Å². The standard InChI is InChI=1S/C9H5Cl2NO/c10-7-5-9(13)8(11)4-6(7)2-1-3-12/h1-2,4-5,13H. The zero-order chi connectivity index (χ0) is 9.84. The van der Waals surface area contributed by atoms with Gasteiger partial charge in [0.1, 0.15) is 5.75 Å². The predicted molar refractivity (Wildman–Crippen MR) is 52.8 cm³/mol. The molecule has 0 radical (unpaired) electrons. The highest BCUT2D eigenvalue weighted by Crippen LogP contribution is 2.30. The highest BCUT2D eigenvalue weighted by atomic mass is 35.5. The third-order valence-electron chi connectivity index (χ3n) is 1.40. The Bertz CT molecular complexity index is 393. The smallest absolute Gasteiger partial charge is 0.135 e. The van der Waals surface area contributed by atoms with Crippen LogP contribution in [0.4, 0.5) is 0 Å². The fourth-order valence-electron chi connectivity index (χ4n) is 0.806. The van der Waals surface area contributed by atoms with Gasteiger partial charge in [-0.1, -0.05) is 23.2 Å². The zero-order valence-corrected chi connectivity index (χ0v) is 7.97. The van der Waals surface area contributed by atoms with Gasteiger partial charge in [0.2, 0.25) is 0 Å². The van der Waals surface area contributed by atoms with Crippen molar-refractivity contribution in [2.75, 3.05) is 0 Å². The normalized spacial score (nSPS) is 10.2. The average molecular weight is 214 g/mol. The second-order valence-electron chi connectivity index (χ2n) is 2.29. The first-order chi connectivity index (χ1) is 6.15. The van der Waals surface area contributed by atoms with Crippen LogP contribution in [0.15, 0.2) is 18.2 Å². The van der Waals surface area contributed by atoms with Crippen molar-refractivity contribution in [2.45, 2.75) is 0 Å². The predicted octanol–water partition coefficient (Wildman–Crippen LogP) is 3.24. The molecular formula is C9H5Cl2NO. The van der Waals surface area contributed by atoms with E-state index in [1.807, 2.05) is 6.07 Å². The number of nitriles is 1. The van der Waals surface area contributed by atoms with Gasteiger partial charge in [-0.25, -0.2) is 0 Å². The third kappa shape index (κ3) is 2.38. The van der Waals surface area contributed by atoms with Gasteiger partial charge in [-0.05, 0) is 17.7 Å². The van der Waals surface area contributed by atoms with E-state index in [1.165, 1.54) is 24.3 Å². The number of hydrogen-bond donors (Lipinski definition) is 1. The molecule has 1 aromatic rings. The molecule has 4 heteroatoms. The molecule has 0 fully saturated rings. The summed E-state index contributed by atoms with van der Waals surface area (Å²) in [5.74, 6) is -0.0687. The van der Waals surface area contributed by atoms with Crippen molar-refractivity contribution >= 4 is 29.3 Å². The van der Waals surface area contributed by atoms with Gasteiger partial charge >= 0.3 is 0 Å². The van der Waals surface area contributed by atoms with Crippen LogP contribution in [-0.2, 0) is 0 Å². The third-order valence-corrected chi connectivity index (χ3v) is 2.03. The minimum absolute atomic E-state index is 0.0687. The van der Waals surface area contributed by atoms with Crippen LogP contribution in [0.5, 0.6) is 5.75 Å². The Balaban J connectivity index is 3.17. The van der Waals surface area contributed by atoms with Crippen molar-refractivity contribution in [1.82, 2.24) is 0 Å². The van der Waals surface area contributed by atoms with Crippen LogP contribution in [0.25, 0.3) is 6.08 Å². The lowest BCUT2D eigenvalue weighted by molar-refractivity contribution is 0.475. The quantitative estimate of drug-likeness (QED) is 0.729. The second-order valence-corrected chi connectivity index (χ2v) is 3.10. The minimum atomic E-state index is -0.0687. The van der Waals surface area contributed by atoms with Crippen molar-refractivity contribution in [1.29, 1.82) is 5.26 Å². The lowest BCUT2D eigenvalue weighted by Crippen LogP contribution is -1.76. The highest BCUT2D eigenvalue weighted by Gasteiger charge is 2.03. The number of aromatic hydroxyl groups is 1. The van der Waals surface area contributed by atoms with Crippen molar-refractivity contribution in [3.63, 3.8) is 0 Å². The molecule has 0 aromatic heterocycles. The molecule has 0 amide bonds. The molecule has 1 rings (SSSR count). The van der Waals surface area contributed by atoms with Gasteiger partial charge in [-0.3, -0.25) is 0 Å². The number of halogens is 2. The van der Waals surface area contributed by atoms with Crippen molar-refractivity contribution in [3.8, 4) is 11.8 Å². The number of allylic oxidation sites excluding steroid dienone is 1. The van der Waals surface area contributed by atoms with Crippen LogP contribution in [-0.4, -0.2) is 5.11 Å². The van der Waals surface area contributed by atoms with Crippen LogP contribution in [0.3, 0.4) is 0 Å². The number of phenolic OH excluding ortho intramolecular Hbond substituents is 1. The van der Waals surface area contributed by atoms with Gasteiger partial charge in [0.05, 0.1) is 16.1 Å². The summed E-state index contributed by atoms with van der Waals surface area (Å²) >= 11 is 11.4. The molecule has 0 aliphatic carbocycles. The molecule has 66 valence electrons. The maximum absolute atomic E-state index is 9.14. The van der Waals surface area contributed by atoms with E-state index in [0.29, 0.717) is 10.6 Å². The monoisotopic (exact) mass is 213 g/mol. The van der Waals surface area contributed by atoms with Gasteiger partial charge in [0, 0.05) is 12.1 Å². The molecule has 0 bridgehead atoms. The first kappa shape index (κ1) is 9.91. The van der Waals surface area contributed by atoms with E-state index in [9.17, 15) is 0 Å². The summed E-state index contributed by atoms with van der Waals surface area (Å²) in [5, 5.41) is 18.0. The molecule has 0 atom stereocenters. The average Bonchev–Trinajstić information content (AvgIpc) is 2.09. The Labute approximate surface area is 85.6 Å². The van der Waals surface area contributed by atoms with Gasteiger partial charge in [0.15, 0.2) is 0 Å². The second kappa shape index (κ2) is 4.18. The summed E-state index contributed by atoms with van der Waals surface area (Å²) in [6, 6.07) is 4.66. The van der Waals surface area contributed by atoms with Crippen LogP contribution >= 0.6 is 23.2 Å². The van der Waals surface area contributed by atoms with Gasteiger partial charge in [0.25, 0.3) is 0 Å². The fourth-order valence-corrected chi connectivity index (χ4v) is 1.20. The Morgan fingerprint density at radius 2 is 2.00 bits per heavy atom. The molecular weight excluding hydrogens is 209 g/mol. The number of hydrogen-bond acceptors (Lipinski definition) is 2. The largest absolute Gasteiger partial charge is 0.506 e. The van der Waals surface area contributed by atoms with Crippen molar-refractivity contribution < 1.29 is 5.11 Å². The molecule has 0 heterocycles. The lowest BCUT2D eigenvalue weighted by Gasteiger charge is -2.00. The van der Waals surface area contributed by atoms with E-state index in [1.54, 1.807) is 0 Å². The number of nitrogens with zero attached hydrogens (tertiary/aromatic N) is 1. The molecule has 0 unspecified atom stereocenters. The lowest BCUT2D eigenvalue weighted by atomic mass is 10.2. The van der Waals surface area contributed by atoms with Crippen molar-refractivity contribution in [3.05, 3.63) is 33.8 Å². The van der Waals surface area contributed by atoms with Crippen LogP contribution < -0.4 is 0 Å². The minimum Gasteiger partial charge on any atom is -0.506 e. The van der Waals surface area contributed by atoms with E-state index in [-0.39, 0.29) is 10.8 Å². The summed E-state index contributed by atoms with van der Waals surface area (Å²) < 4.78 is 0. The molecule has 0 saturated heterocycles. The van der Waals surface area contributed by atoms with Crippen LogP contribution in [0, 0.1) is 11.3 Å². The Morgan fingerprint density at radius 1 is 1.31 bits per heavy atom. The number of rotatable bonds is 1. The van der Waals surface area contributed by atoms with E-state index in [4.69, 9.17) is 33.6 Å². The van der Waals surface area contributed by atoms with Gasteiger partial charge in [-0.15, -0.1) is 0 Å². The summed E-state index contributed by atoms with van der Waals surface area (Å²) in [6.07, 6.45) is 2.81. The fraction of sp³-hybridized carbons (Fsp3) is 0. The van der Waals surface area contributed by atoms with Crippen molar-refractivity contribution in [2.24, 2.45) is 0 Å². The van der Waals surface area contributed by atoms with E-state index in [0.717, 1.165) is 0 Å². The number of benzene rings is 1. The maximum atomic E-state index is 9.14. The topological polar surface area (TPSA) is 44.0 Å². The molecule has 0 aliphatic rings. The molecule has 13 heavy (non-hydrogen) atoms. The summed E-state index contributed by atoms with van der Waals surface area (Å²) in [6.45, 7) is 0. The first-order valence-electron chi connectivity index (χ1n) is 3.39. The summed E-state index contributed by atoms with van der Waals surface area (Å²) in [4.78, 5) is 0. The Hall–Kier alpha value is -1.17. The molecule has 2 nitrogen and oxygen atoms in total. The summed E-state index contributed by atoms with van der Waals surface area (Å²) in [7, 11) is 0. The van der Waals surface area contributed by atoms with Gasteiger partial charge in [-0.2, -0.15) is 5.26 Å². The zero-order valence-electron chi connectivity index (χ0n) is 6.46. The Morgan fingerprint density at radius 3 is 2.62 bits per heavy atom. The molecule has 1 aromatic carbocycles. The highest BCUT2D eigenvalue weighted by molar-refractivity contribution is 6.35. The SMILES string of the molecule is N#CC=Cc1cc(Cl)c(O)cc1Cl. The molecule has 0 spiro atoms. The first-order valence-corrected chi connectivity index (χ1v) is 4.15. The molecule has 1 N–H and O–H groups in total. The van der Waals surface area contributed by atoms with Crippen LogP contribution in [0.1, 0.15) is 5.56 Å². The van der Waals surface area contributed by atoms with E-state index >= 15 is 0 Å². The van der Waals surface area contributed by atoms with Gasteiger partial charge < -0.3 is 5.11 Å². The Kier molecular flexibility index (Phi) is 3.18. The molecule has 0 aliphatic heterocycles. The summed E-state index contributed by atoms with van der Waals surface area (Å²) in [5.41, 5.74) is 0.603. The molecule has 0 saturated carbocycles. The van der Waals surface area contributed by atoms with E-state index < -0.39 is 0 Å². The van der Waals surface area contributed by atoms with Crippen LogP contribution in [0.2, 0.25) is 10.0 Å². The number of phenols is 1. The maximum Gasteiger partial charge on any atom is 0.135 e.